The quantitative estimate of drug-likeness (QED) is 0.895. The second kappa shape index (κ2) is 5.85. The van der Waals surface area contributed by atoms with Gasteiger partial charge in [-0.25, -0.2) is 4.39 Å². The third kappa shape index (κ3) is 3.33. The molecule has 0 aromatic heterocycles. The first-order valence-corrected chi connectivity index (χ1v) is 6.61. The van der Waals surface area contributed by atoms with Gasteiger partial charge in [-0.15, -0.1) is 0 Å². The van der Waals surface area contributed by atoms with Gasteiger partial charge in [0.25, 0.3) is 0 Å². The van der Waals surface area contributed by atoms with Gasteiger partial charge in [0.15, 0.2) is 0 Å². The van der Waals surface area contributed by atoms with Crippen LogP contribution in [-0.2, 0) is 0 Å². The molecule has 4 heteroatoms. The fourth-order valence-electron chi connectivity index (χ4n) is 1.77. The highest BCUT2D eigenvalue weighted by molar-refractivity contribution is 9.10. The average Bonchev–Trinajstić information content (AvgIpc) is 2.42. The molecule has 2 aromatic carbocycles. The van der Waals surface area contributed by atoms with E-state index in [9.17, 15) is 4.39 Å². The highest BCUT2D eigenvalue weighted by Gasteiger charge is 2.08. The van der Waals surface area contributed by atoms with Crippen LogP contribution in [0.1, 0.15) is 24.1 Å². The Morgan fingerprint density at radius 1 is 1.21 bits per heavy atom. The van der Waals surface area contributed by atoms with Crippen molar-refractivity contribution in [2.75, 3.05) is 5.32 Å². The third-order valence-electron chi connectivity index (χ3n) is 2.84. The molecule has 1 atom stereocenters. The Balaban J connectivity index is 2.16. The molecule has 2 rings (SSSR count). The molecule has 0 aliphatic heterocycles. The molecule has 0 saturated heterocycles. The van der Waals surface area contributed by atoms with E-state index >= 15 is 0 Å². The van der Waals surface area contributed by atoms with Gasteiger partial charge in [-0.1, -0.05) is 12.1 Å². The first-order chi connectivity index (χ1) is 9.10. The van der Waals surface area contributed by atoms with Crippen LogP contribution < -0.4 is 5.32 Å². The van der Waals surface area contributed by atoms with Crippen LogP contribution in [0.25, 0.3) is 0 Å². The second-order valence-corrected chi connectivity index (χ2v) is 5.08. The number of rotatable bonds is 3. The van der Waals surface area contributed by atoms with E-state index in [-0.39, 0.29) is 11.9 Å². The predicted octanol–water partition coefficient (Wildman–Crippen LogP) is 4.63. The number of halogens is 2. The van der Waals surface area contributed by atoms with Gasteiger partial charge in [-0.2, -0.15) is 5.26 Å². The molecular formula is C15H12BrFN2. The van der Waals surface area contributed by atoms with Gasteiger partial charge in [-0.3, -0.25) is 0 Å². The van der Waals surface area contributed by atoms with E-state index in [4.69, 9.17) is 5.26 Å². The lowest BCUT2D eigenvalue weighted by atomic mass is 10.1. The number of nitrogens with one attached hydrogen (secondary N) is 1. The molecule has 0 aliphatic carbocycles. The summed E-state index contributed by atoms with van der Waals surface area (Å²) >= 11 is 3.33. The molecule has 0 radical (unpaired) electrons. The Morgan fingerprint density at radius 2 is 1.89 bits per heavy atom. The summed E-state index contributed by atoms with van der Waals surface area (Å²) in [5.41, 5.74) is 2.53. The van der Waals surface area contributed by atoms with Crippen LogP contribution in [-0.4, -0.2) is 0 Å². The van der Waals surface area contributed by atoms with Crippen LogP contribution in [0, 0.1) is 17.1 Å². The Kier molecular flexibility index (Phi) is 4.18. The maximum Gasteiger partial charge on any atom is 0.124 e. The average molecular weight is 319 g/mol. The van der Waals surface area contributed by atoms with Crippen molar-refractivity contribution in [3.05, 3.63) is 63.9 Å². The highest BCUT2D eigenvalue weighted by atomic mass is 79.9. The molecule has 0 bridgehead atoms. The summed E-state index contributed by atoms with van der Waals surface area (Å²) in [7, 11) is 0. The minimum absolute atomic E-state index is 0.0644. The first kappa shape index (κ1) is 13.6. The van der Waals surface area contributed by atoms with E-state index in [1.165, 1.54) is 12.1 Å². The predicted molar refractivity (Wildman–Crippen MR) is 77.3 cm³/mol. The summed E-state index contributed by atoms with van der Waals surface area (Å²) in [6.45, 7) is 2.01. The molecule has 1 unspecified atom stereocenters. The van der Waals surface area contributed by atoms with Crippen molar-refractivity contribution < 1.29 is 4.39 Å². The molecule has 19 heavy (non-hydrogen) atoms. The minimum atomic E-state index is -0.275. The third-order valence-corrected chi connectivity index (χ3v) is 3.50. The molecule has 96 valence electrons. The zero-order chi connectivity index (χ0) is 13.8. The fraction of sp³-hybridized carbons (Fsp3) is 0.133. The highest BCUT2D eigenvalue weighted by Crippen LogP contribution is 2.27. The van der Waals surface area contributed by atoms with Crippen LogP contribution in [0.3, 0.4) is 0 Å². The molecular weight excluding hydrogens is 307 g/mol. The Labute approximate surface area is 120 Å². The second-order valence-electron chi connectivity index (χ2n) is 4.22. The first-order valence-electron chi connectivity index (χ1n) is 5.82. The van der Waals surface area contributed by atoms with Crippen molar-refractivity contribution in [2.24, 2.45) is 0 Å². The fourth-order valence-corrected chi connectivity index (χ4v) is 2.23. The van der Waals surface area contributed by atoms with Crippen molar-refractivity contribution >= 4 is 21.6 Å². The Bertz CT molecular complexity index is 617. The lowest BCUT2D eigenvalue weighted by Crippen LogP contribution is -2.07. The molecule has 0 spiro atoms. The normalized spacial score (nSPS) is 11.7. The van der Waals surface area contributed by atoms with Gasteiger partial charge in [0.2, 0.25) is 0 Å². The van der Waals surface area contributed by atoms with E-state index < -0.39 is 0 Å². The van der Waals surface area contributed by atoms with Crippen molar-refractivity contribution in [1.29, 1.82) is 5.26 Å². The van der Waals surface area contributed by atoms with Crippen LogP contribution >= 0.6 is 15.9 Å². The molecule has 1 N–H and O–H groups in total. The topological polar surface area (TPSA) is 35.8 Å². The smallest absolute Gasteiger partial charge is 0.124 e. The lowest BCUT2D eigenvalue weighted by Gasteiger charge is -2.17. The maximum atomic E-state index is 13.0. The van der Waals surface area contributed by atoms with Gasteiger partial charge in [-0.05, 0) is 58.7 Å². The van der Waals surface area contributed by atoms with Crippen LogP contribution in [0.15, 0.2) is 46.9 Å². The van der Waals surface area contributed by atoms with Crippen molar-refractivity contribution in [1.82, 2.24) is 0 Å². The number of benzene rings is 2. The van der Waals surface area contributed by atoms with Crippen molar-refractivity contribution in [2.45, 2.75) is 13.0 Å². The number of anilines is 1. The lowest BCUT2D eigenvalue weighted by molar-refractivity contribution is 0.627. The summed E-state index contributed by atoms with van der Waals surface area (Å²) in [5, 5.41) is 12.1. The maximum absolute atomic E-state index is 13.0. The van der Waals surface area contributed by atoms with E-state index in [0.717, 1.165) is 11.3 Å². The summed E-state index contributed by atoms with van der Waals surface area (Å²) in [4.78, 5) is 0. The number of nitriles is 1. The van der Waals surface area contributed by atoms with E-state index in [1.54, 1.807) is 18.2 Å². The van der Waals surface area contributed by atoms with E-state index in [2.05, 4.69) is 27.3 Å². The molecule has 0 saturated carbocycles. The summed E-state index contributed by atoms with van der Waals surface area (Å²) in [6.07, 6.45) is 0. The number of nitrogens with zero attached hydrogens (tertiary/aromatic N) is 1. The minimum Gasteiger partial charge on any atom is -0.378 e. The van der Waals surface area contributed by atoms with Crippen molar-refractivity contribution in [3.63, 3.8) is 0 Å². The molecule has 0 amide bonds. The molecule has 0 fully saturated rings. The summed E-state index contributed by atoms with van der Waals surface area (Å²) in [5.74, 6) is -0.275. The number of hydrogen-bond donors (Lipinski definition) is 1. The van der Waals surface area contributed by atoms with Gasteiger partial charge >= 0.3 is 0 Å². The summed E-state index contributed by atoms with van der Waals surface area (Å²) in [6, 6.07) is 14.1. The zero-order valence-electron chi connectivity index (χ0n) is 10.3. The monoisotopic (exact) mass is 318 g/mol. The molecule has 2 aromatic rings. The van der Waals surface area contributed by atoms with Crippen molar-refractivity contribution in [3.8, 4) is 6.07 Å². The standard InChI is InChI=1S/C15H12BrFN2/c1-10(12-4-2-11(9-18)3-5-12)19-15-7-6-13(17)8-14(15)16/h2-8,10,19H,1H3. The van der Waals surface area contributed by atoms with E-state index in [1.807, 2.05) is 19.1 Å². The van der Waals surface area contributed by atoms with Crippen LogP contribution in [0.2, 0.25) is 0 Å². The van der Waals surface area contributed by atoms with Gasteiger partial charge in [0, 0.05) is 16.2 Å². The molecule has 0 heterocycles. The SMILES string of the molecule is CC(Nc1ccc(F)cc1Br)c1ccc(C#N)cc1. The number of hydrogen-bond acceptors (Lipinski definition) is 2. The van der Waals surface area contributed by atoms with Gasteiger partial charge in [0.1, 0.15) is 5.82 Å². The Hall–Kier alpha value is -1.86. The van der Waals surface area contributed by atoms with Gasteiger partial charge in [0.05, 0.1) is 11.6 Å². The Morgan fingerprint density at radius 3 is 2.47 bits per heavy atom. The largest absolute Gasteiger partial charge is 0.378 e. The zero-order valence-corrected chi connectivity index (χ0v) is 11.9. The molecule has 0 aliphatic rings. The van der Waals surface area contributed by atoms with Crippen LogP contribution in [0.5, 0.6) is 0 Å². The summed E-state index contributed by atoms with van der Waals surface area (Å²) < 4.78 is 13.7. The van der Waals surface area contributed by atoms with Crippen LogP contribution in [0.4, 0.5) is 10.1 Å². The van der Waals surface area contributed by atoms with Gasteiger partial charge < -0.3 is 5.32 Å². The van der Waals surface area contributed by atoms with E-state index in [0.29, 0.717) is 10.0 Å². The molecule has 2 nitrogen and oxygen atoms in total.